The van der Waals surface area contributed by atoms with E-state index >= 15 is 0 Å². The number of halogens is 1. The molecule has 0 spiro atoms. The summed E-state index contributed by atoms with van der Waals surface area (Å²) in [4.78, 5) is 0. The van der Waals surface area contributed by atoms with Crippen LogP contribution in [0.4, 0.5) is 0 Å². The van der Waals surface area contributed by atoms with Gasteiger partial charge in [0, 0.05) is 6.42 Å². The standard InChI is InChI=1S/C12H12BrNO/c1-15-11-3-2-9-4-5-12(13,8-14)7-10(9)6-11/h2-3,6H,4-5,7H2,1H3. The van der Waals surface area contributed by atoms with Crippen molar-refractivity contribution in [3.05, 3.63) is 29.3 Å². The highest BCUT2D eigenvalue weighted by molar-refractivity contribution is 9.10. The summed E-state index contributed by atoms with van der Waals surface area (Å²) in [6.07, 6.45) is 2.59. The maximum absolute atomic E-state index is 9.07. The quantitative estimate of drug-likeness (QED) is 0.732. The molecule has 0 fully saturated rings. The van der Waals surface area contributed by atoms with Gasteiger partial charge in [0.25, 0.3) is 0 Å². The van der Waals surface area contributed by atoms with Crippen LogP contribution in [0.15, 0.2) is 18.2 Å². The summed E-state index contributed by atoms with van der Waals surface area (Å²) in [5, 5.41) is 9.07. The van der Waals surface area contributed by atoms with Crippen LogP contribution in [0.2, 0.25) is 0 Å². The predicted molar refractivity (Wildman–Crippen MR) is 62.3 cm³/mol. The second-order valence-corrected chi connectivity index (χ2v) is 5.41. The van der Waals surface area contributed by atoms with E-state index in [1.807, 2.05) is 12.1 Å². The van der Waals surface area contributed by atoms with E-state index in [4.69, 9.17) is 10.00 Å². The molecule has 15 heavy (non-hydrogen) atoms. The lowest BCUT2D eigenvalue weighted by Gasteiger charge is -2.27. The molecule has 0 aliphatic heterocycles. The molecule has 3 heteroatoms. The molecule has 0 amide bonds. The van der Waals surface area contributed by atoms with Crippen LogP contribution >= 0.6 is 15.9 Å². The predicted octanol–water partition coefficient (Wildman–Crippen LogP) is 2.84. The van der Waals surface area contributed by atoms with Crippen LogP contribution < -0.4 is 4.74 Å². The van der Waals surface area contributed by atoms with Gasteiger partial charge in [-0.2, -0.15) is 5.26 Å². The molecule has 0 radical (unpaired) electrons. The summed E-state index contributed by atoms with van der Waals surface area (Å²) in [6, 6.07) is 8.44. The SMILES string of the molecule is COc1ccc2c(c1)CC(Br)(C#N)CC2. The minimum atomic E-state index is -0.383. The van der Waals surface area contributed by atoms with E-state index in [1.165, 1.54) is 11.1 Å². The van der Waals surface area contributed by atoms with Crippen LogP contribution in [0.25, 0.3) is 0 Å². The Balaban J connectivity index is 2.36. The van der Waals surface area contributed by atoms with E-state index in [1.54, 1.807) is 7.11 Å². The second kappa shape index (κ2) is 3.86. The first-order valence-corrected chi connectivity index (χ1v) is 5.72. The van der Waals surface area contributed by atoms with E-state index in [9.17, 15) is 0 Å². The van der Waals surface area contributed by atoms with Crippen LogP contribution in [0.5, 0.6) is 5.75 Å². The number of aryl methyl sites for hydroxylation is 1. The maximum atomic E-state index is 9.07. The average molecular weight is 266 g/mol. The molecule has 1 aromatic rings. The molecule has 78 valence electrons. The molecule has 1 aliphatic carbocycles. The zero-order valence-electron chi connectivity index (χ0n) is 8.59. The first kappa shape index (κ1) is 10.5. The van der Waals surface area contributed by atoms with Crippen molar-refractivity contribution in [3.8, 4) is 11.8 Å². The molecule has 0 saturated heterocycles. The summed E-state index contributed by atoms with van der Waals surface area (Å²) in [5.41, 5.74) is 2.56. The van der Waals surface area contributed by atoms with Gasteiger partial charge >= 0.3 is 0 Å². The number of alkyl halides is 1. The number of hydrogen-bond acceptors (Lipinski definition) is 2. The molecule has 0 bridgehead atoms. The van der Waals surface area contributed by atoms with Crippen LogP contribution in [0, 0.1) is 11.3 Å². The van der Waals surface area contributed by atoms with Crippen LogP contribution in [0.3, 0.4) is 0 Å². The zero-order valence-corrected chi connectivity index (χ0v) is 10.2. The summed E-state index contributed by atoms with van der Waals surface area (Å²) in [6.45, 7) is 0. The fraction of sp³-hybridized carbons (Fsp3) is 0.417. The third-order valence-electron chi connectivity index (χ3n) is 2.88. The number of hydrogen-bond donors (Lipinski definition) is 0. The summed E-state index contributed by atoms with van der Waals surface area (Å²) < 4.78 is 4.80. The lowest BCUT2D eigenvalue weighted by Crippen LogP contribution is -2.27. The van der Waals surface area contributed by atoms with E-state index in [2.05, 4.69) is 28.1 Å². The van der Waals surface area contributed by atoms with Gasteiger partial charge in [-0.15, -0.1) is 0 Å². The highest BCUT2D eigenvalue weighted by Gasteiger charge is 2.31. The molecule has 0 saturated carbocycles. The van der Waals surface area contributed by atoms with E-state index in [-0.39, 0.29) is 4.32 Å². The molecule has 1 aliphatic rings. The summed E-state index contributed by atoms with van der Waals surface area (Å²) in [5.74, 6) is 0.864. The molecular formula is C12H12BrNO. The van der Waals surface area contributed by atoms with E-state index in [0.29, 0.717) is 0 Å². The Morgan fingerprint density at radius 2 is 2.27 bits per heavy atom. The van der Waals surface area contributed by atoms with Gasteiger partial charge in [-0.3, -0.25) is 0 Å². The number of nitrogens with zero attached hydrogens (tertiary/aromatic N) is 1. The van der Waals surface area contributed by atoms with Gasteiger partial charge in [0.15, 0.2) is 0 Å². The first-order valence-electron chi connectivity index (χ1n) is 4.93. The Morgan fingerprint density at radius 3 is 2.93 bits per heavy atom. The minimum absolute atomic E-state index is 0.383. The number of fused-ring (bicyclic) bond motifs is 1. The number of nitriles is 1. The molecule has 1 atom stereocenters. The Bertz CT molecular complexity index is 424. The zero-order chi connectivity index (χ0) is 10.9. The number of rotatable bonds is 1. The van der Waals surface area contributed by atoms with Gasteiger partial charge in [0.05, 0.1) is 13.2 Å². The number of methoxy groups -OCH3 is 1. The van der Waals surface area contributed by atoms with E-state index in [0.717, 1.165) is 25.0 Å². The fourth-order valence-corrected chi connectivity index (χ4v) is 2.46. The monoisotopic (exact) mass is 265 g/mol. The van der Waals surface area contributed by atoms with Gasteiger partial charge in [-0.25, -0.2) is 0 Å². The molecule has 0 aromatic heterocycles. The normalized spacial score (nSPS) is 24.1. The lowest BCUT2D eigenvalue weighted by molar-refractivity contribution is 0.413. The van der Waals surface area contributed by atoms with Gasteiger partial charge in [-0.1, -0.05) is 22.0 Å². The van der Waals surface area contributed by atoms with Gasteiger partial charge < -0.3 is 4.74 Å². The van der Waals surface area contributed by atoms with Crippen LogP contribution in [0.1, 0.15) is 17.5 Å². The van der Waals surface area contributed by atoms with Crippen molar-refractivity contribution in [1.29, 1.82) is 5.26 Å². The molecule has 2 nitrogen and oxygen atoms in total. The average Bonchev–Trinajstić information content (AvgIpc) is 2.28. The Morgan fingerprint density at radius 1 is 1.47 bits per heavy atom. The highest BCUT2D eigenvalue weighted by Crippen LogP contribution is 2.36. The molecule has 1 unspecified atom stereocenters. The minimum Gasteiger partial charge on any atom is -0.497 e. The van der Waals surface area contributed by atoms with Crippen molar-refractivity contribution < 1.29 is 4.74 Å². The summed E-state index contributed by atoms with van der Waals surface area (Å²) >= 11 is 3.51. The lowest BCUT2D eigenvalue weighted by atomic mass is 9.84. The number of ether oxygens (including phenoxy) is 1. The van der Waals surface area contributed by atoms with Gasteiger partial charge in [0.1, 0.15) is 10.1 Å². The van der Waals surface area contributed by atoms with Crippen molar-refractivity contribution in [3.63, 3.8) is 0 Å². The smallest absolute Gasteiger partial charge is 0.119 e. The molecule has 0 heterocycles. The second-order valence-electron chi connectivity index (χ2n) is 3.89. The van der Waals surface area contributed by atoms with Crippen molar-refractivity contribution in [2.24, 2.45) is 0 Å². The maximum Gasteiger partial charge on any atom is 0.119 e. The Hall–Kier alpha value is -1.01. The van der Waals surface area contributed by atoms with Crippen molar-refractivity contribution >= 4 is 15.9 Å². The van der Waals surface area contributed by atoms with E-state index < -0.39 is 0 Å². The molecule has 2 rings (SSSR count). The topological polar surface area (TPSA) is 33.0 Å². The molecule has 0 N–H and O–H groups in total. The third kappa shape index (κ3) is 2.00. The third-order valence-corrected chi connectivity index (χ3v) is 3.73. The van der Waals surface area contributed by atoms with Gasteiger partial charge in [-0.05, 0) is 36.1 Å². The molecular weight excluding hydrogens is 254 g/mol. The highest BCUT2D eigenvalue weighted by atomic mass is 79.9. The Labute approximate surface area is 98.0 Å². The Kier molecular flexibility index (Phi) is 2.70. The largest absolute Gasteiger partial charge is 0.497 e. The van der Waals surface area contributed by atoms with Crippen molar-refractivity contribution in [1.82, 2.24) is 0 Å². The van der Waals surface area contributed by atoms with Gasteiger partial charge in [0.2, 0.25) is 0 Å². The molecule has 1 aromatic carbocycles. The van der Waals surface area contributed by atoms with Crippen molar-refractivity contribution in [2.75, 3.05) is 7.11 Å². The van der Waals surface area contributed by atoms with Crippen molar-refractivity contribution in [2.45, 2.75) is 23.6 Å². The first-order chi connectivity index (χ1) is 7.17. The number of benzene rings is 1. The van der Waals surface area contributed by atoms with Crippen LogP contribution in [-0.2, 0) is 12.8 Å². The van der Waals surface area contributed by atoms with Crippen LogP contribution in [-0.4, -0.2) is 11.4 Å². The fourth-order valence-electron chi connectivity index (χ4n) is 1.96. The summed E-state index contributed by atoms with van der Waals surface area (Å²) in [7, 11) is 1.66.